The second-order valence-electron chi connectivity index (χ2n) is 5.19. The Morgan fingerprint density at radius 2 is 2.00 bits per heavy atom. The predicted molar refractivity (Wildman–Crippen MR) is 70.4 cm³/mol. The predicted octanol–water partition coefficient (Wildman–Crippen LogP) is 1.37. The maximum atomic E-state index is 5.85. The number of benzene rings is 1. The van der Waals surface area contributed by atoms with Crippen LogP contribution in [-0.2, 0) is 5.41 Å². The largest absolute Gasteiger partial charge is 0.358 e. The van der Waals surface area contributed by atoms with Gasteiger partial charge in [0.05, 0.1) is 6.54 Å². The second kappa shape index (κ2) is 3.84. The van der Waals surface area contributed by atoms with Crippen LogP contribution in [0, 0.1) is 0 Å². The summed E-state index contributed by atoms with van der Waals surface area (Å²) in [6.45, 7) is 2.72. The number of hydrogen-bond donors (Lipinski definition) is 1. The smallest absolute Gasteiger partial charge is 0.130 e. The number of aliphatic imine (C=N–C) groups is 1. The molecule has 1 heterocycles. The van der Waals surface area contributed by atoms with Crippen molar-refractivity contribution >= 4 is 5.84 Å². The number of amidine groups is 1. The Morgan fingerprint density at radius 1 is 1.29 bits per heavy atom. The van der Waals surface area contributed by atoms with Crippen LogP contribution >= 0.6 is 0 Å². The number of rotatable bonds is 3. The van der Waals surface area contributed by atoms with Crippen molar-refractivity contribution in [1.29, 1.82) is 0 Å². The van der Waals surface area contributed by atoms with Gasteiger partial charge in [-0.1, -0.05) is 24.3 Å². The van der Waals surface area contributed by atoms with Crippen molar-refractivity contribution in [3.63, 3.8) is 0 Å². The molecule has 2 N–H and O–H groups in total. The lowest BCUT2D eigenvalue weighted by Gasteiger charge is -2.16. The maximum Gasteiger partial charge on any atom is 0.130 e. The molecule has 1 aromatic rings. The first-order valence-electron chi connectivity index (χ1n) is 6.32. The van der Waals surface area contributed by atoms with E-state index < -0.39 is 0 Å². The van der Waals surface area contributed by atoms with Gasteiger partial charge < -0.3 is 10.6 Å². The van der Waals surface area contributed by atoms with Crippen LogP contribution in [-0.4, -0.2) is 37.4 Å². The molecule has 1 aromatic carbocycles. The van der Waals surface area contributed by atoms with Crippen LogP contribution in [0.1, 0.15) is 24.0 Å². The highest BCUT2D eigenvalue weighted by Gasteiger charge is 2.42. The molecule has 0 saturated heterocycles. The summed E-state index contributed by atoms with van der Waals surface area (Å²) in [6.07, 6.45) is 2.48. The Labute approximate surface area is 102 Å². The van der Waals surface area contributed by atoms with Crippen molar-refractivity contribution in [3.05, 3.63) is 35.4 Å². The highest BCUT2D eigenvalue weighted by molar-refractivity contribution is 5.99. The molecule has 0 aromatic heterocycles. The summed E-state index contributed by atoms with van der Waals surface area (Å²) in [5.41, 5.74) is 8.76. The number of likely N-dealkylation sites (N-methyl/N-ethyl adjacent to an activating group) is 1. The van der Waals surface area contributed by atoms with Crippen LogP contribution < -0.4 is 5.73 Å². The van der Waals surface area contributed by atoms with Gasteiger partial charge in [-0.3, -0.25) is 4.99 Å². The standard InChI is InChI=1S/C14H19N3/c1-17-9-8-16-13(17)11-2-4-12(5-3-11)14(10-15)6-7-14/h2-5H,6-10,15H2,1H3. The van der Waals surface area contributed by atoms with Gasteiger partial charge in [-0.05, 0) is 18.4 Å². The summed E-state index contributed by atoms with van der Waals surface area (Å²) in [4.78, 5) is 6.75. The van der Waals surface area contributed by atoms with E-state index in [-0.39, 0.29) is 0 Å². The molecule has 1 fully saturated rings. The Bertz CT molecular complexity index is 443. The van der Waals surface area contributed by atoms with E-state index in [0.29, 0.717) is 5.41 Å². The zero-order valence-electron chi connectivity index (χ0n) is 10.3. The minimum Gasteiger partial charge on any atom is -0.358 e. The molecule has 90 valence electrons. The average molecular weight is 229 g/mol. The van der Waals surface area contributed by atoms with Crippen molar-refractivity contribution in [1.82, 2.24) is 4.90 Å². The minimum absolute atomic E-state index is 0.294. The molecule has 1 saturated carbocycles. The van der Waals surface area contributed by atoms with Gasteiger partial charge in [0.1, 0.15) is 5.84 Å². The molecule has 3 nitrogen and oxygen atoms in total. The molecule has 0 atom stereocenters. The van der Waals surface area contributed by atoms with Crippen molar-refractivity contribution in [3.8, 4) is 0 Å². The molecule has 0 unspecified atom stereocenters. The zero-order valence-corrected chi connectivity index (χ0v) is 10.3. The summed E-state index contributed by atoms with van der Waals surface area (Å²) in [5, 5.41) is 0. The van der Waals surface area contributed by atoms with Crippen LogP contribution in [0.15, 0.2) is 29.3 Å². The Hall–Kier alpha value is -1.35. The summed E-state index contributed by atoms with van der Waals surface area (Å²) >= 11 is 0. The lowest BCUT2D eigenvalue weighted by atomic mass is 9.95. The second-order valence-corrected chi connectivity index (χ2v) is 5.19. The fraction of sp³-hybridized carbons (Fsp3) is 0.500. The summed E-state index contributed by atoms with van der Waals surface area (Å²) in [6, 6.07) is 8.82. The van der Waals surface area contributed by atoms with Crippen LogP contribution in [0.3, 0.4) is 0 Å². The molecule has 0 spiro atoms. The lowest BCUT2D eigenvalue weighted by Crippen LogP contribution is -2.24. The van der Waals surface area contributed by atoms with Gasteiger partial charge in [0.25, 0.3) is 0 Å². The third kappa shape index (κ3) is 1.75. The molecule has 3 heteroatoms. The maximum absolute atomic E-state index is 5.85. The fourth-order valence-electron chi connectivity index (χ4n) is 2.58. The summed E-state index contributed by atoms with van der Waals surface area (Å²) in [7, 11) is 2.10. The SMILES string of the molecule is CN1CCN=C1c1ccc(C2(CN)CC2)cc1. The van der Waals surface area contributed by atoms with E-state index in [4.69, 9.17) is 5.73 Å². The molecule has 0 amide bonds. The monoisotopic (exact) mass is 229 g/mol. The molecule has 2 aliphatic rings. The average Bonchev–Trinajstić information content (AvgIpc) is 3.06. The highest BCUT2D eigenvalue weighted by atomic mass is 15.2. The molecule has 1 aliphatic carbocycles. The van der Waals surface area contributed by atoms with E-state index in [1.54, 1.807) is 0 Å². The first-order chi connectivity index (χ1) is 8.25. The Morgan fingerprint density at radius 3 is 2.47 bits per heavy atom. The topological polar surface area (TPSA) is 41.6 Å². The van der Waals surface area contributed by atoms with Crippen molar-refractivity contribution in [2.24, 2.45) is 10.7 Å². The number of nitrogens with two attached hydrogens (primary N) is 1. The van der Waals surface area contributed by atoms with E-state index >= 15 is 0 Å². The molecule has 0 bridgehead atoms. The highest BCUT2D eigenvalue weighted by Crippen LogP contribution is 2.47. The minimum atomic E-state index is 0.294. The Kier molecular flexibility index (Phi) is 2.44. The molecule has 3 rings (SSSR count). The van der Waals surface area contributed by atoms with Crippen LogP contribution in [0.25, 0.3) is 0 Å². The van der Waals surface area contributed by atoms with Crippen LogP contribution in [0.5, 0.6) is 0 Å². The zero-order chi connectivity index (χ0) is 11.9. The molecular formula is C14H19N3. The van der Waals surface area contributed by atoms with Gasteiger partial charge in [0.2, 0.25) is 0 Å². The van der Waals surface area contributed by atoms with Gasteiger partial charge in [-0.25, -0.2) is 0 Å². The first-order valence-corrected chi connectivity index (χ1v) is 6.32. The van der Waals surface area contributed by atoms with E-state index in [2.05, 4.69) is 41.2 Å². The number of hydrogen-bond acceptors (Lipinski definition) is 3. The van der Waals surface area contributed by atoms with Crippen LogP contribution in [0.2, 0.25) is 0 Å². The number of nitrogens with zero attached hydrogens (tertiary/aromatic N) is 2. The van der Waals surface area contributed by atoms with Crippen molar-refractivity contribution in [2.75, 3.05) is 26.7 Å². The van der Waals surface area contributed by atoms with Crippen molar-refractivity contribution < 1.29 is 0 Å². The van der Waals surface area contributed by atoms with E-state index in [1.807, 2.05) is 0 Å². The van der Waals surface area contributed by atoms with Crippen LogP contribution in [0.4, 0.5) is 0 Å². The lowest BCUT2D eigenvalue weighted by molar-refractivity contribution is 0.557. The van der Waals surface area contributed by atoms with Gasteiger partial charge in [0.15, 0.2) is 0 Å². The third-order valence-electron chi connectivity index (χ3n) is 4.06. The molecule has 0 radical (unpaired) electrons. The molecule has 1 aliphatic heterocycles. The summed E-state index contributed by atoms with van der Waals surface area (Å²) < 4.78 is 0. The van der Waals surface area contributed by atoms with E-state index in [0.717, 1.165) is 25.5 Å². The van der Waals surface area contributed by atoms with Gasteiger partial charge in [0, 0.05) is 31.1 Å². The van der Waals surface area contributed by atoms with E-state index in [1.165, 1.54) is 24.0 Å². The third-order valence-corrected chi connectivity index (χ3v) is 4.06. The Balaban J connectivity index is 1.86. The fourth-order valence-corrected chi connectivity index (χ4v) is 2.58. The first kappa shape index (κ1) is 10.8. The quantitative estimate of drug-likeness (QED) is 0.850. The van der Waals surface area contributed by atoms with Gasteiger partial charge in [-0.2, -0.15) is 0 Å². The van der Waals surface area contributed by atoms with Crippen molar-refractivity contribution in [2.45, 2.75) is 18.3 Å². The molecule has 17 heavy (non-hydrogen) atoms. The van der Waals surface area contributed by atoms with Gasteiger partial charge >= 0.3 is 0 Å². The summed E-state index contributed by atoms with van der Waals surface area (Å²) in [5.74, 6) is 1.12. The molecular weight excluding hydrogens is 210 g/mol. The normalized spacial score (nSPS) is 21.5. The van der Waals surface area contributed by atoms with E-state index in [9.17, 15) is 0 Å². The van der Waals surface area contributed by atoms with Gasteiger partial charge in [-0.15, -0.1) is 0 Å².